The summed E-state index contributed by atoms with van der Waals surface area (Å²) in [6, 6.07) is 5.58. The normalized spacial score (nSPS) is 19.7. The van der Waals surface area contributed by atoms with Crippen LogP contribution in [0.1, 0.15) is 38.3 Å². The maximum absolute atomic E-state index is 13.9. The Balaban J connectivity index is 2.48. The van der Waals surface area contributed by atoms with E-state index in [1.165, 1.54) is 4.90 Å². The number of benzene rings is 1. The van der Waals surface area contributed by atoms with Gasteiger partial charge in [0.15, 0.2) is 0 Å². The van der Waals surface area contributed by atoms with Crippen molar-refractivity contribution in [3.63, 3.8) is 0 Å². The van der Waals surface area contributed by atoms with Crippen molar-refractivity contribution >= 4 is 12.0 Å². The van der Waals surface area contributed by atoms with Crippen LogP contribution in [0.4, 0.5) is 4.79 Å². The Labute approximate surface area is 148 Å². The van der Waals surface area contributed by atoms with Gasteiger partial charge in [0.25, 0.3) is 0 Å². The van der Waals surface area contributed by atoms with Gasteiger partial charge in [0.2, 0.25) is 6.04 Å². The average molecular weight is 349 g/mol. The van der Waals surface area contributed by atoms with Crippen LogP contribution in [-0.2, 0) is 4.79 Å². The molecular formula is C18H27N3O4. The van der Waals surface area contributed by atoms with E-state index >= 15 is 0 Å². The summed E-state index contributed by atoms with van der Waals surface area (Å²) in [6.07, 6.45) is 1.19. The van der Waals surface area contributed by atoms with Gasteiger partial charge >= 0.3 is 12.0 Å². The van der Waals surface area contributed by atoms with Crippen molar-refractivity contribution in [2.24, 2.45) is 0 Å². The molecule has 0 saturated carbocycles. The van der Waals surface area contributed by atoms with E-state index in [4.69, 9.17) is 0 Å². The molecule has 1 aliphatic heterocycles. The molecule has 1 saturated heterocycles. The third-order valence-corrected chi connectivity index (χ3v) is 4.78. The van der Waals surface area contributed by atoms with Crippen LogP contribution in [0.15, 0.2) is 30.3 Å². The quantitative estimate of drug-likeness (QED) is 0.607. The molecule has 3 unspecified atom stereocenters. The second-order valence-corrected chi connectivity index (χ2v) is 6.52. The van der Waals surface area contributed by atoms with Gasteiger partial charge in [-0.3, -0.25) is 9.55 Å². The van der Waals surface area contributed by atoms with Gasteiger partial charge in [-0.15, -0.1) is 0 Å². The first kappa shape index (κ1) is 19.4. The molecular weight excluding hydrogens is 322 g/mol. The van der Waals surface area contributed by atoms with E-state index in [0.717, 1.165) is 0 Å². The molecule has 0 bridgehead atoms. The molecule has 3 atom stereocenters. The number of nitrogens with zero attached hydrogens (tertiary/aromatic N) is 2. The van der Waals surface area contributed by atoms with Gasteiger partial charge in [0, 0.05) is 31.7 Å². The molecule has 1 heterocycles. The molecule has 1 aliphatic rings. The van der Waals surface area contributed by atoms with Gasteiger partial charge in [0.1, 0.15) is 0 Å². The minimum absolute atomic E-state index is 0.358. The first-order valence-corrected chi connectivity index (χ1v) is 8.80. The summed E-state index contributed by atoms with van der Waals surface area (Å²) >= 11 is 0. The summed E-state index contributed by atoms with van der Waals surface area (Å²) in [6.45, 7) is 5.65. The largest absolute Gasteiger partial charge is 0.623 e. The van der Waals surface area contributed by atoms with Crippen LogP contribution in [0.2, 0.25) is 0 Å². The van der Waals surface area contributed by atoms with Crippen LogP contribution in [0.5, 0.6) is 0 Å². The van der Waals surface area contributed by atoms with Crippen molar-refractivity contribution in [1.82, 2.24) is 10.2 Å². The average Bonchev–Trinajstić information content (AvgIpc) is 2.62. The molecule has 138 valence electrons. The lowest BCUT2D eigenvalue weighted by Crippen LogP contribution is -2.64. The molecule has 0 aromatic heterocycles. The summed E-state index contributed by atoms with van der Waals surface area (Å²) in [7, 11) is 0. The highest BCUT2D eigenvalue weighted by Crippen LogP contribution is 2.35. The number of amides is 2. The smallest absolute Gasteiger partial charge is 0.420 e. The van der Waals surface area contributed by atoms with Crippen molar-refractivity contribution in [1.29, 1.82) is 0 Å². The third-order valence-electron chi connectivity index (χ3n) is 4.78. The van der Waals surface area contributed by atoms with E-state index in [1.54, 1.807) is 37.3 Å². The van der Waals surface area contributed by atoms with E-state index in [9.17, 15) is 19.9 Å². The monoisotopic (exact) mass is 349 g/mol. The predicted molar refractivity (Wildman–Crippen MR) is 94.7 cm³/mol. The number of carboxylic acid groups (broad SMARTS) is 1. The summed E-state index contributed by atoms with van der Waals surface area (Å²) in [5.41, 5.74) is 0.358. The minimum Gasteiger partial charge on any atom is -0.623 e. The number of hydrogen-bond donors (Lipinski definition) is 2. The number of quaternary nitrogens is 1. The second-order valence-electron chi connectivity index (χ2n) is 6.52. The molecule has 7 nitrogen and oxygen atoms in total. The molecule has 0 radical (unpaired) electrons. The van der Waals surface area contributed by atoms with Gasteiger partial charge in [-0.2, -0.15) is 0 Å². The van der Waals surface area contributed by atoms with E-state index in [2.05, 4.69) is 5.32 Å². The zero-order valence-electron chi connectivity index (χ0n) is 14.9. The number of carboxylic acids is 1. The topological polar surface area (TPSA) is 92.7 Å². The fraction of sp³-hybridized carbons (Fsp3) is 0.556. The molecule has 25 heavy (non-hydrogen) atoms. The Bertz CT molecular complexity index is 589. The van der Waals surface area contributed by atoms with Crippen molar-refractivity contribution < 1.29 is 19.3 Å². The molecule has 2 N–H and O–H groups in total. The number of rotatable bonds is 6. The Morgan fingerprint density at radius 3 is 2.40 bits per heavy atom. The molecule has 0 spiro atoms. The maximum atomic E-state index is 13.9. The molecule has 1 aromatic carbocycles. The van der Waals surface area contributed by atoms with Crippen molar-refractivity contribution in [3.8, 4) is 0 Å². The number of urea groups is 1. The first-order valence-electron chi connectivity index (χ1n) is 8.80. The van der Waals surface area contributed by atoms with Gasteiger partial charge < -0.3 is 15.6 Å². The van der Waals surface area contributed by atoms with Crippen molar-refractivity contribution in [2.75, 3.05) is 26.2 Å². The lowest BCUT2D eigenvalue weighted by atomic mass is 10.0. The second kappa shape index (κ2) is 8.42. The highest BCUT2D eigenvalue weighted by atomic mass is 16.6. The Hall–Kier alpha value is -1.96. The maximum Gasteiger partial charge on any atom is 0.420 e. The van der Waals surface area contributed by atoms with Crippen LogP contribution in [0.3, 0.4) is 0 Å². The predicted octanol–water partition coefficient (Wildman–Crippen LogP) is 2.34. The summed E-state index contributed by atoms with van der Waals surface area (Å²) in [5.74, 6) is -1.27. The standard InChI is InChI=1S/C18H27N3O4/c1-3-7-14(2)21(25,18(24)20-12-10-19-11-13-20)16(17(22)23)15-8-5-4-6-9-15/h4-6,8-9,14,16,19H,3,7,10-13H2,1-2H3,(H,22,23). The molecule has 7 heteroatoms. The van der Waals surface area contributed by atoms with Crippen molar-refractivity contribution in [3.05, 3.63) is 41.1 Å². The molecule has 0 aliphatic carbocycles. The van der Waals surface area contributed by atoms with Crippen LogP contribution in [0, 0.1) is 5.21 Å². The van der Waals surface area contributed by atoms with Crippen molar-refractivity contribution in [2.45, 2.75) is 38.8 Å². The van der Waals surface area contributed by atoms with E-state index in [0.29, 0.717) is 44.6 Å². The summed E-state index contributed by atoms with van der Waals surface area (Å²) < 4.78 is -1.38. The Kier molecular flexibility index (Phi) is 6.52. The Morgan fingerprint density at radius 2 is 1.88 bits per heavy atom. The number of nitrogens with one attached hydrogen (secondary N) is 1. The number of piperazine rings is 1. The highest BCUT2D eigenvalue weighted by Gasteiger charge is 2.48. The number of hydroxylamine groups is 3. The van der Waals surface area contributed by atoms with Crippen LogP contribution < -0.4 is 5.32 Å². The van der Waals surface area contributed by atoms with E-state index in [1.807, 2.05) is 6.92 Å². The number of hydrogen-bond acceptors (Lipinski definition) is 4. The van der Waals surface area contributed by atoms with Gasteiger partial charge in [-0.25, -0.2) is 9.59 Å². The summed E-state index contributed by atoms with van der Waals surface area (Å²) in [5, 5.41) is 26.8. The zero-order chi connectivity index (χ0) is 18.4. The minimum atomic E-state index is -1.47. The van der Waals surface area contributed by atoms with Crippen LogP contribution in [-0.4, -0.2) is 58.9 Å². The molecule has 2 amide bonds. The molecule has 2 rings (SSSR count). The van der Waals surface area contributed by atoms with E-state index < -0.39 is 28.7 Å². The fourth-order valence-electron chi connectivity index (χ4n) is 3.40. The van der Waals surface area contributed by atoms with Gasteiger partial charge in [-0.05, 0) is 13.3 Å². The van der Waals surface area contributed by atoms with E-state index in [-0.39, 0.29) is 0 Å². The lowest BCUT2D eigenvalue weighted by molar-refractivity contribution is -0.851. The zero-order valence-corrected chi connectivity index (χ0v) is 14.9. The third kappa shape index (κ3) is 4.00. The molecule has 1 fully saturated rings. The fourth-order valence-corrected chi connectivity index (χ4v) is 3.40. The Morgan fingerprint density at radius 1 is 1.28 bits per heavy atom. The first-order chi connectivity index (χ1) is 11.9. The number of aliphatic carboxylic acids is 1. The van der Waals surface area contributed by atoms with Gasteiger partial charge in [-0.1, -0.05) is 43.7 Å². The highest BCUT2D eigenvalue weighted by molar-refractivity contribution is 5.79. The lowest BCUT2D eigenvalue weighted by Gasteiger charge is -2.50. The van der Waals surface area contributed by atoms with Gasteiger partial charge in [0.05, 0.1) is 6.04 Å². The van der Waals surface area contributed by atoms with Crippen LogP contribution >= 0.6 is 0 Å². The summed E-state index contributed by atoms with van der Waals surface area (Å²) in [4.78, 5) is 26.7. The number of carbonyl (C=O) groups is 2. The van der Waals surface area contributed by atoms with Crippen LogP contribution in [0.25, 0.3) is 0 Å². The molecule has 1 aromatic rings. The number of carbonyl (C=O) groups excluding carboxylic acids is 1. The SMILES string of the molecule is CCCC(C)[N+]([O-])(C(=O)N1CCNCC1)C(C(=O)O)c1ccccc1.